The molecule has 4 rings (SSSR count). The summed E-state index contributed by atoms with van der Waals surface area (Å²) in [5, 5.41) is 21.8. The first-order chi connectivity index (χ1) is 17.8. The summed E-state index contributed by atoms with van der Waals surface area (Å²) in [5.74, 6) is -0.254. The Labute approximate surface area is 217 Å². The topological polar surface area (TPSA) is 135 Å². The van der Waals surface area contributed by atoms with Crippen LogP contribution >= 0.6 is 11.6 Å². The number of allylic oxidation sites excluding steroid dienone is 1. The van der Waals surface area contributed by atoms with Gasteiger partial charge in [0.15, 0.2) is 0 Å². The molecule has 2 aromatic heterocycles. The molecule has 0 aliphatic carbocycles. The molecule has 0 saturated carbocycles. The van der Waals surface area contributed by atoms with Crippen molar-refractivity contribution in [1.82, 2.24) is 14.8 Å². The lowest BCUT2D eigenvalue weighted by Crippen LogP contribution is -2.20. The Morgan fingerprint density at radius 3 is 2.76 bits per heavy atom. The Bertz CT molecular complexity index is 1540. The number of unbranched alkanes of at least 4 members (excludes halogenated alkanes) is 1. The number of benzene rings is 2. The first-order valence-corrected chi connectivity index (χ1v) is 11.8. The maximum Gasteiger partial charge on any atom is 0.320 e. The molecule has 37 heavy (non-hydrogen) atoms. The minimum atomic E-state index is -0.398. The van der Waals surface area contributed by atoms with E-state index in [2.05, 4.69) is 20.8 Å². The van der Waals surface area contributed by atoms with Crippen molar-refractivity contribution in [3.63, 3.8) is 0 Å². The number of aryl methyl sites for hydroxylation is 1. The summed E-state index contributed by atoms with van der Waals surface area (Å²) in [7, 11) is 1.60. The number of nitrogen functional groups attached to an aromatic ring is 1. The molecule has 0 radical (unpaired) electrons. The van der Waals surface area contributed by atoms with Crippen LogP contribution in [0.15, 0.2) is 63.9 Å². The van der Waals surface area contributed by atoms with E-state index in [0.29, 0.717) is 40.2 Å². The van der Waals surface area contributed by atoms with E-state index in [1.807, 2.05) is 13.0 Å². The van der Waals surface area contributed by atoms with Crippen LogP contribution in [0.25, 0.3) is 17.2 Å². The van der Waals surface area contributed by atoms with E-state index in [4.69, 9.17) is 27.2 Å². The average Bonchev–Trinajstić information content (AvgIpc) is 3.35. The average molecular weight is 522 g/mol. The minimum Gasteiger partial charge on any atom is -0.403 e. The summed E-state index contributed by atoms with van der Waals surface area (Å²) in [5.41, 5.74) is 8.23. The molecule has 11 heteroatoms. The van der Waals surface area contributed by atoms with Gasteiger partial charge in [0.1, 0.15) is 11.5 Å². The van der Waals surface area contributed by atoms with Gasteiger partial charge in [-0.25, -0.2) is 4.39 Å². The van der Waals surface area contributed by atoms with E-state index in [0.717, 1.165) is 12.6 Å². The standard InChI is InChI=1S/C26H25ClFN7O2/c1-3-4-9-20(16-7-5-6-8-18(16)28)31-22-12-15(14-35(2)25(22)36)24-33-34-26(37-24)32-21-11-10-19(30)17(13-29)23(21)27/h5-14,29,31H,3-4,30H2,1-2H3,(H,32,34)/b20-9-,29-13?. The molecule has 0 amide bonds. The van der Waals surface area contributed by atoms with Crippen LogP contribution in [0.3, 0.4) is 0 Å². The summed E-state index contributed by atoms with van der Waals surface area (Å²) in [6.07, 6.45) is 6.04. The molecule has 4 aromatic rings. The fourth-order valence-corrected chi connectivity index (χ4v) is 3.89. The van der Waals surface area contributed by atoms with Gasteiger partial charge in [-0.05, 0) is 36.8 Å². The van der Waals surface area contributed by atoms with Crippen LogP contribution < -0.4 is 21.9 Å². The summed E-state index contributed by atoms with van der Waals surface area (Å²) in [6.45, 7) is 2.01. The van der Waals surface area contributed by atoms with Gasteiger partial charge in [-0.1, -0.05) is 48.3 Å². The molecule has 0 unspecified atom stereocenters. The summed E-state index contributed by atoms with van der Waals surface area (Å²) in [6, 6.07) is 11.2. The van der Waals surface area contributed by atoms with Gasteiger partial charge in [-0.2, -0.15) is 0 Å². The van der Waals surface area contributed by atoms with Crippen molar-refractivity contribution in [2.45, 2.75) is 19.8 Å². The Kier molecular flexibility index (Phi) is 7.69. The summed E-state index contributed by atoms with van der Waals surface area (Å²) in [4.78, 5) is 12.9. The first kappa shape index (κ1) is 25.6. The lowest BCUT2D eigenvalue weighted by atomic mass is 10.1. The van der Waals surface area contributed by atoms with Gasteiger partial charge in [-0.3, -0.25) is 4.79 Å². The Morgan fingerprint density at radius 1 is 1.24 bits per heavy atom. The monoisotopic (exact) mass is 521 g/mol. The zero-order valence-electron chi connectivity index (χ0n) is 20.2. The second-order valence-electron chi connectivity index (χ2n) is 8.18. The highest BCUT2D eigenvalue weighted by atomic mass is 35.5. The predicted octanol–water partition coefficient (Wildman–Crippen LogP) is 5.80. The van der Waals surface area contributed by atoms with Crippen LogP contribution in [0.5, 0.6) is 0 Å². The van der Waals surface area contributed by atoms with Crippen molar-refractivity contribution in [2.24, 2.45) is 7.05 Å². The van der Waals surface area contributed by atoms with E-state index < -0.39 is 5.82 Å². The van der Waals surface area contributed by atoms with Crippen LogP contribution in [0.4, 0.5) is 27.5 Å². The van der Waals surface area contributed by atoms with Crippen LogP contribution in [-0.2, 0) is 7.05 Å². The number of nitrogens with two attached hydrogens (primary N) is 1. The van der Waals surface area contributed by atoms with E-state index in [1.165, 1.54) is 10.6 Å². The number of halogens is 2. The first-order valence-electron chi connectivity index (χ1n) is 11.4. The molecule has 0 atom stereocenters. The van der Waals surface area contributed by atoms with Crippen LogP contribution in [-0.4, -0.2) is 21.0 Å². The van der Waals surface area contributed by atoms with Crippen molar-refractivity contribution in [1.29, 1.82) is 5.41 Å². The van der Waals surface area contributed by atoms with E-state index in [9.17, 15) is 9.18 Å². The highest BCUT2D eigenvalue weighted by Crippen LogP contribution is 2.32. The second-order valence-corrected chi connectivity index (χ2v) is 8.56. The maximum absolute atomic E-state index is 14.5. The lowest BCUT2D eigenvalue weighted by Gasteiger charge is -2.14. The summed E-state index contributed by atoms with van der Waals surface area (Å²) < 4.78 is 21.7. The Morgan fingerprint density at radius 2 is 2.03 bits per heavy atom. The molecule has 190 valence electrons. The number of rotatable bonds is 9. The normalized spacial score (nSPS) is 11.4. The molecular weight excluding hydrogens is 497 g/mol. The van der Waals surface area contributed by atoms with Crippen molar-refractivity contribution in [3.8, 4) is 11.5 Å². The van der Waals surface area contributed by atoms with Crippen molar-refractivity contribution in [2.75, 3.05) is 16.4 Å². The van der Waals surface area contributed by atoms with Gasteiger partial charge in [0, 0.05) is 42.0 Å². The molecule has 2 aromatic carbocycles. The number of nitrogens with zero attached hydrogens (tertiary/aromatic N) is 3. The van der Waals surface area contributed by atoms with Crippen LogP contribution in [0.2, 0.25) is 5.02 Å². The van der Waals surface area contributed by atoms with E-state index >= 15 is 0 Å². The number of pyridine rings is 1. The lowest BCUT2D eigenvalue weighted by molar-refractivity contribution is 0.586. The summed E-state index contributed by atoms with van der Waals surface area (Å²) >= 11 is 6.33. The molecule has 0 spiro atoms. The largest absolute Gasteiger partial charge is 0.403 e. The third-order valence-electron chi connectivity index (χ3n) is 5.53. The minimum absolute atomic E-state index is 0.0517. The van der Waals surface area contributed by atoms with Gasteiger partial charge in [0.2, 0.25) is 0 Å². The third kappa shape index (κ3) is 5.54. The zero-order chi connectivity index (χ0) is 26.5. The fourth-order valence-electron chi connectivity index (χ4n) is 3.62. The fraction of sp³-hybridized carbons (Fsp3) is 0.154. The Hall–Kier alpha value is -4.44. The van der Waals surface area contributed by atoms with Gasteiger partial charge < -0.3 is 30.8 Å². The highest BCUT2D eigenvalue weighted by molar-refractivity contribution is 6.36. The molecule has 0 bridgehead atoms. The van der Waals surface area contributed by atoms with Crippen LogP contribution in [0.1, 0.15) is 30.9 Å². The third-order valence-corrected chi connectivity index (χ3v) is 5.93. The number of hydrogen-bond acceptors (Lipinski definition) is 8. The molecular formula is C26H25ClFN7O2. The van der Waals surface area contributed by atoms with Gasteiger partial charge in [0.05, 0.1) is 16.3 Å². The van der Waals surface area contributed by atoms with E-state index in [1.54, 1.807) is 49.6 Å². The molecule has 0 saturated heterocycles. The number of anilines is 4. The molecule has 0 aliphatic rings. The number of nitrogens with one attached hydrogen (secondary N) is 3. The quantitative estimate of drug-likeness (QED) is 0.161. The zero-order valence-corrected chi connectivity index (χ0v) is 20.9. The molecule has 5 N–H and O–H groups in total. The smallest absolute Gasteiger partial charge is 0.320 e. The Balaban J connectivity index is 1.66. The molecule has 9 nitrogen and oxygen atoms in total. The van der Waals surface area contributed by atoms with E-state index in [-0.39, 0.29) is 28.2 Å². The van der Waals surface area contributed by atoms with Gasteiger partial charge >= 0.3 is 6.01 Å². The highest BCUT2D eigenvalue weighted by Gasteiger charge is 2.16. The van der Waals surface area contributed by atoms with Gasteiger partial charge in [0.25, 0.3) is 11.4 Å². The predicted molar refractivity (Wildman–Crippen MR) is 145 cm³/mol. The van der Waals surface area contributed by atoms with Gasteiger partial charge in [-0.15, -0.1) is 5.10 Å². The SMILES string of the molecule is CCC/C=C(\Nc1cc(-c2nnc(Nc3ccc(N)c(C=N)c3Cl)o2)cn(C)c1=O)c1ccccc1F. The number of aromatic nitrogens is 3. The number of hydrogen-bond donors (Lipinski definition) is 4. The molecule has 0 aliphatic heterocycles. The van der Waals surface area contributed by atoms with Crippen molar-refractivity contribution < 1.29 is 8.81 Å². The van der Waals surface area contributed by atoms with Crippen molar-refractivity contribution in [3.05, 3.63) is 87.1 Å². The molecule has 2 heterocycles. The second kappa shape index (κ2) is 11.1. The molecule has 0 fully saturated rings. The maximum atomic E-state index is 14.5. The van der Waals surface area contributed by atoms with Crippen molar-refractivity contribution >= 4 is 46.6 Å². The van der Waals surface area contributed by atoms with Crippen LogP contribution in [0, 0.1) is 11.2 Å².